The summed E-state index contributed by atoms with van der Waals surface area (Å²) in [6, 6.07) is 0. The topological polar surface area (TPSA) is 17.1 Å². The van der Waals surface area contributed by atoms with Gasteiger partial charge >= 0.3 is 42.5 Å². The molecule has 0 aromatic heterocycles. The van der Waals surface area contributed by atoms with Gasteiger partial charge in [-0.25, -0.2) is 0 Å². The summed E-state index contributed by atoms with van der Waals surface area (Å²) in [7, 11) is 0. The molecule has 0 radical (unpaired) electrons. The third-order valence-corrected chi connectivity index (χ3v) is 0.587. The van der Waals surface area contributed by atoms with E-state index in [1.54, 1.807) is 21.1 Å². The SMILES string of the molecule is C=C[C](=O)[Au].[Ni]. The monoisotopic (exact) mass is 310 g/mol. The first-order valence-electron chi connectivity index (χ1n) is 1.05. The van der Waals surface area contributed by atoms with Gasteiger partial charge in [0, 0.05) is 16.5 Å². The van der Waals surface area contributed by atoms with E-state index in [2.05, 4.69) is 6.58 Å². The third-order valence-electron chi connectivity index (χ3n) is 0.145. The largest absolute Gasteiger partial charge is 0 e. The van der Waals surface area contributed by atoms with Crippen LogP contribution in [0.2, 0.25) is 0 Å². The van der Waals surface area contributed by atoms with Gasteiger partial charge in [-0.2, -0.15) is 0 Å². The summed E-state index contributed by atoms with van der Waals surface area (Å²) in [6.07, 6.45) is 1.25. The molecule has 0 heterocycles. The minimum absolute atomic E-state index is 0. The summed E-state index contributed by atoms with van der Waals surface area (Å²) >= 11 is 1.81. The molecule has 6 heavy (non-hydrogen) atoms. The minimum Gasteiger partial charge on any atom is 0 e. The molecule has 0 aliphatic heterocycles. The molecule has 0 saturated heterocycles. The summed E-state index contributed by atoms with van der Waals surface area (Å²) in [4.78, 5) is 9.67. The van der Waals surface area contributed by atoms with Crippen LogP contribution in [-0.4, -0.2) is 4.00 Å². The molecule has 0 unspecified atom stereocenters. The van der Waals surface area contributed by atoms with Crippen LogP contribution in [0.15, 0.2) is 12.7 Å². The Morgan fingerprint density at radius 3 is 2.00 bits per heavy atom. The number of rotatable bonds is 1. The average Bonchev–Trinajstić information content (AvgIpc) is 1.38. The van der Waals surface area contributed by atoms with Crippen LogP contribution in [0.3, 0.4) is 0 Å². The Kier molecular flexibility index (Phi) is 9.23. The normalized spacial score (nSPS) is 5.67. The molecule has 0 aliphatic rings. The second-order valence-electron chi connectivity index (χ2n) is 0.471. The van der Waals surface area contributed by atoms with Crippen molar-refractivity contribution >= 4 is 4.00 Å². The maximum absolute atomic E-state index is 9.67. The Hall–Kier alpha value is 0.644. The first-order chi connectivity index (χ1) is 2.27. The fourth-order valence-corrected chi connectivity index (χ4v) is 0. The molecule has 0 fully saturated rings. The molecule has 0 amide bonds. The van der Waals surface area contributed by atoms with E-state index < -0.39 is 0 Å². The Labute approximate surface area is 59.0 Å². The molecule has 0 rings (SSSR count). The number of allylic oxidation sites excluding steroid dienone is 1. The van der Waals surface area contributed by atoms with Gasteiger partial charge in [0.1, 0.15) is 0 Å². The van der Waals surface area contributed by atoms with Gasteiger partial charge in [-0.05, 0) is 0 Å². The standard InChI is InChI=1S/C3H3O.Au.Ni/c1-2-3-4;;/h2H,1H2;;. The van der Waals surface area contributed by atoms with E-state index in [9.17, 15) is 4.79 Å². The molecular formula is C3H3AuNiO. The van der Waals surface area contributed by atoms with E-state index in [1.165, 1.54) is 6.08 Å². The zero-order valence-electron chi connectivity index (χ0n) is 2.81. The second kappa shape index (κ2) is 5.64. The molecule has 0 N–H and O–H groups in total. The smallest absolute Gasteiger partial charge is 0 e. The van der Waals surface area contributed by atoms with Crippen LogP contribution < -0.4 is 0 Å². The summed E-state index contributed by atoms with van der Waals surface area (Å²) in [5, 5.41) is 0. The van der Waals surface area contributed by atoms with Crippen molar-refractivity contribution in [3.05, 3.63) is 12.7 Å². The average molecular weight is 311 g/mol. The quantitative estimate of drug-likeness (QED) is 0.501. The first kappa shape index (κ1) is 9.81. The third kappa shape index (κ3) is 8.82. The number of carbonyl (C=O) groups is 1. The molecular weight excluding hydrogens is 308 g/mol. The van der Waals surface area contributed by atoms with Gasteiger partial charge in [0.15, 0.2) is 0 Å². The minimum atomic E-state index is -0.0370. The summed E-state index contributed by atoms with van der Waals surface area (Å²) in [5.74, 6) is 0. The molecule has 0 bridgehead atoms. The van der Waals surface area contributed by atoms with E-state index >= 15 is 0 Å². The Balaban J connectivity index is 0. The Morgan fingerprint density at radius 2 is 2.00 bits per heavy atom. The van der Waals surface area contributed by atoms with Gasteiger partial charge in [-0.1, -0.05) is 0 Å². The number of carbonyl (C=O) groups excluding carboxylic acids is 1. The van der Waals surface area contributed by atoms with E-state index in [4.69, 9.17) is 0 Å². The van der Waals surface area contributed by atoms with Gasteiger partial charge in [0.2, 0.25) is 0 Å². The van der Waals surface area contributed by atoms with Gasteiger partial charge in [0.05, 0.1) is 0 Å². The number of hydrogen-bond donors (Lipinski definition) is 0. The zero-order chi connectivity index (χ0) is 4.28. The van der Waals surface area contributed by atoms with E-state index in [1.807, 2.05) is 0 Å². The predicted octanol–water partition coefficient (Wildman–Crippen LogP) is 0.243. The van der Waals surface area contributed by atoms with Crippen molar-refractivity contribution in [2.24, 2.45) is 0 Å². The van der Waals surface area contributed by atoms with Crippen LogP contribution in [0.4, 0.5) is 0 Å². The molecule has 0 aromatic rings. The Morgan fingerprint density at radius 1 is 1.83 bits per heavy atom. The summed E-state index contributed by atoms with van der Waals surface area (Å²) in [6.45, 7) is 3.20. The molecule has 42 valence electrons. The van der Waals surface area contributed by atoms with Crippen molar-refractivity contribution < 1.29 is 42.4 Å². The van der Waals surface area contributed by atoms with E-state index in [0.717, 1.165) is 0 Å². The zero-order valence-corrected chi connectivity index (χ0v) is 5.96. The molecule has 0 spiro atoms. The van der Waals surface area contributed by atoms with Gasteiger partial charge < -0.3 is 0 Å². The maximum Gasteiger partial charge on any atom is 0 e. The van der Waals surface area contributed by atoms with E-state index in [0.29, 0.717) is 0 Å². The van der Waals surface area contributed by atoms with Crippen LogP contribution in [-0.2, 0) is 42.4 Å². The summed E-state index contributed by atoms with van der Waals surface area (Å²) in [5.41, 5.74) is 0. The molecule has 0 aromatic carbocycles. The predicted molar refractivity (Wildman–Crippen MR) is 15.2 cm³/mol. The number of hydrogen-bond acceptors (Lipinski definition) is 1. The van der Waals surface area contributed by atoms with Crippen molar-refractivity contribution in [3.63, 3.8) is 0 Å². The van der Waals surface area contributed by atoms with Gasteiger partial charge in [0.25, 0.3) is 0 Å². The summed E-state index contributed by atoms with van der Waals surface area (Å²) < 4.78 is -0.0370. The molecule has 0 atom stereocenters. The van der Waals surface area contributed by atoms with Crippen LogP contribution in [0.25, 0.3) is 0 Å². The maximum atomic E-state index is 9.67. The van der Waals surface area contributed by atoms with Crippen LogP contribution in [0, 0.1) is 0 Å². The molecule has 3 heteroatoms. The fraction of sp³-hybridized carbons (Fsp3) is 0. The van der Waals surface area contributed by atoms with Crippen LogP contribution in [0.5, 0.6) is 0 Å². The van der Waals surface area contributed by atoms with Crippen LogP contribution >= 0.6 is 0 Å². The van der Waals surface area contributed by atoms with Crippen LogP contribution in [0.1, 0.15) is 0 Å². The molecule has 0 saturated carbocycles. The second-order valence-corrected chi connectivity index (χ2v) is 1.54. The van der Waals surface area contributed by atoms with Gasteiger partial charge in [-0.15, -0.1) is 0 Å². The molecule has 1 nitrogen and oxygen atoms in total. The first-order valence-corrected chi connectivity index (χ1v) is 2.14. The van der Waals surface area contributed by atoms with Crippen molar-refractivity contribution in [3.8, 4) is 0 Å². The van der Waals surface area contributed by atoms with Crippen molar-refractivity contribution in [2.45, 2.75) is 0 Å². The van der Waals surface area contributed by atoms with Gasteiger partial charge in [-0.3, -0.25) is 0 Å². The fourth-order valence-electron chi connectivity index (χ4n) is 0. The van der Waals surface area contributed by atoms with Crippen molar-refractivity contribution in [2.75, 3.05) is 0 Å². The van der Waals surface area contributed by atoms with Crippen molar-refractivity contribution in [1.82, 2.24) is 0 Å². The van der Waals surface area contributed by atoms with Crippen molar-refractivity contribution in [1.29, 1.82) is 0 Å². The Bertz CT molecular complexity index is 61.8. The molecule has 0 aliphatic carbocycles. The van der Waals surface area contributed by atoms with E-state index in [-0.39, 0.29) is 20.5 Å².